The number of carbonyl (C=O) groups excluding carboxylic acids is 2. The van der Waals surface area contributed by atoms with Crippen molar-refractivity contribution < 1.29 is 19.1 Å². The van der Waals surface area contributed by atoms with Crippen LogP contribution in [0.4, 0.5) is 0 Å². The van der Waals surface area contributed by atoms with E-state index in [0.717, 1.165) is 43.9 Å². The molecule has 0 aliphatic heterocycles. The molecule has 0 saturated heterocycles. The molecule has 0 heterocycles. The van der Waals surface area contributed by atoms with Crippen LogP contribution in [-0.4, -0.2) is 24.6 Å². The first-order chi connectivity index (χ1) is 12.2. The number of esters is 2. The Bertz CT molecular complexity index is 591. The topological polar surface area (TPSA) is 52.6 Å². The Morgan fingerprint density at radius 3 is 2.48 bits per heavy atom. The maximum Gasteiger partial charge on any atom is 0.344 e. The molecule has 0 amide bonds. The van der Waals surface area contributed by atoms with E-state index in [4.69, 9.17) is 9.47 Å². The Morgan fingerprint density at radius 2 is 1.68 bits per heavy atom. The molecule has 0 aromatic heterocycles. The number of allylic oxidation sites excluding steroid dienone is 2. The zero-order valence-corrected chi connectivity index (χ0v) is 14.8. The van der Waals surface area contributed by atoms with Gasteiger partial charge in [0.15, 0.2) is 6.61 Å². The van der Waals surface area contributed by atoms with E-state index in [2.05, 4.69) is 12.2 Å². The Balaban J connectivity index is 1.14. The van der Waals surface area contributed by atoms with E-state index in [9.17, 15) is 9.59 Å². The molecule has 136 valence electrons. The van der Waals surface area contributed by atoms with Crippen molar-refractivity contribution in [1.82, 2.24) is 0 Å². The number of fused-ring (bicyclic) bond motifs is 9. The summed E-state index contributed by atoms with van der Waals surface area (Å²) in [6.07, 6.45) is 13.7. The van der Waals surface area contributed by atoms with Crippen molar-refractivity contribution in [3.63, 3.8) is 0 Å². The van der Waals surface area contributed by atoms with Crippen LogP contribution in [0.1, 0.15) is 51.4 Å². The van der Waals surface area contributed by atoms with Crippen molar-refractivity contribution in [2.24, 2.45) is 41.4 Å². The van der Waals surface area contributed by atoms with E-state index in [0.29, 0.717) is 23.7 Å². The van der Waals surface area contributed by atoms with Gasteiger partial charge in [-0.25, -0.2) is 4.79 Å². The fourth-order valence-corrected chi connectivity index (χ4v) is 6.93. The van der Waals surface area contributed by atoms with Crippen molar-refractivity contribution in [3.05, 3.63) is 12.2 Å². The summed E-state index contributed by atoms with van der Waals surface area (Å²) >= 11 is 0. The van der Waals surface area contributed by atoms with E-state index in [-0.39, 0.29) is 30.6 Å². The van der Waals surface area contributed by atoms with Crippen LogP contribution in [0.2, 0.25) is 0 Å². The van der Waals surface area contributed by atoms with Gasteiger partial charge in [-0.3, -0.25) is 4.79 Å². The molecule has 0 radical (unpaired) electrons. The molecule has 4 nitrogen and oxygen atoms in total. The van der Waals surface area contributed by atoms with Gasteiger partial charge < -0.3 is 9.47 Å². The number of carbonyl (C=O) groups is 2. The average Bonchev–Trinajstić information content (AvgIpc) is 3.38. The van der Waals surface area contributed by atoms with Crippen molar-refractivity contribution in [1.29, 1.82) is 0 Å². The largest absolute Gasteiger partial charge is 0.460 e. The predicted octanol–water partition coefficient (Wildman–Crippen LogP) is 3.50. The number of rotatable bonds is 4. The monoisotopic (exact) mass is 344 g/mol. The van der Waals surface area contributed by atoms with E-state index in [1.807, 2.05) is 0 Å². The van der Waals surface area contributed by atoms with Crippen LogP contribution in [0.25, 0.3) is 0 Å². The molecule has 0 N–H and O–H groups in total. The van der Waals surface area contributed by atoms with Gasteiger partial charge in [0.1, 0.15) is 6.10 Å². The zero-order valence-electron chi connectivity index (χ0n) is 14.8. The predicted molar refractivity (Wildman–Crippen MR) is 91.3 cm³/mol. The molecule has 4 saturated carbocycles. The zero-order chi connectivity index (χ0) is 17.0. The maximum absolute atomic E-state index is 12.6. The third-order valence-corrected chi connectivity index (χ3v) is 7.76. The summed E-state index contributed by atoms with van der Waals surface area (Å²) in [4.78, 5) is 24.5. The summed E-state index contributed by atoms with van der Waals surface area (Å²) < 4.78 is 10.8. The normalized spacial score (nSPS) is 44.1. The molecule has 5 aliphatic carbocycles. The second-order valence-corrected chi connectivity index (χ2v) is 8.96. The minimum atomic E-state index is -0.371. The minimum Gasteiger partial charge on any atom is -0.460 e. The lowest BCUT2D eigenvalue weighted by Crippen LogP contribution is -2.36. The highest BCUT2D eigenvalue weighted by Crippen LogP contribution is 2.67. The van der Waals surface area contributed by atoms with E-state index in [1.165, 1.54) is 19.3 Å². The molecule has 25 heavy (non-hydrogen) atoms. The lowest BCUT2D eigenvalue weighted by Gasteiger charge is -2.35. The van der Waals surface area contributed by atoms with Crippen LogP contribution in [0, 0.1) is 41.4 Å². The van der Waals surface area contributed by atoms with Gasteiger partial charge in [0, 0.05) is 0 Å². The van der Waals surface area contributed by atoms with E-state index >= 15 is 0 Å². The van der Waals surface area contributed by atoms with Crippen LogP contribution < -0.4 is 0 Å². The number of hydrogen-bond acceptors (Lipinski definition) is 4. The first-order valence-electron chi connectivity index (χ1n) is 10.2. The molecule has 4 fully saturated rings. The molecule has 4 heteroatoms. The fraction of sp³-hybridized carbons (Fsp3) is 0.810. The minimum absolute atomic E-state index is 0.0153. The summed E-state index contributed by atoms with van der Waals surface area (Å²) in [6.45, 7) is -0.205. The number of ether oxygens (including phenoxy) is 2. The van der Waals surface area contributed by atoms with Crippen molar-refractivity contribution in [2.45, 2.75) is 57.5 Å². The summed E-state index contributed by atoms with van der Waals surface area (Å²) in [7, 11) is 0. The van der Waals surface area contributed by atoms with Crippen LogP contribution >= 0.6 is 0 Å². The summed E-state index contributed by atoms with van der Waals surface area (Å²) in [6, 6.07) is 0. The lowest BCUT2D eigenvalue weighted by molar-refractivity contribution is -0.166. The molecule has 7 atom stereocenters. The molecular weight excluding hydrogens is 316 g/mol. The summed E-state index contributed by atoms with van der Waals surface area (Å²) in [5.41, 5.74) is 0. The molecule has 0 aromatic rings. The highest BCUT2D eigenvalue weighted by molar-refractivity contribution is 5.78. The average molecular weight is 344 g/mol. The van der Waals surface area contributed by atoms with Gasteiger partial charge in [0.05, 0.1) is 5.92 Å². The van der Waals surface area contributed by atoms with Gasteiger partial charge in [-0.15, -0.1) is 0 Å². The molecule has 0 aromatic carbocycles. The van der Waals surface area contributed by atoms with Gasteiger partial charge in [-0.2, -0.15) is 0 Å². The molecule has 0 spiro atoms. The summed E-state index contributed by atoms with van der Waals surface area (Å²) in [5.74, 6) is 3.65. The first kappa shape index (κ1) is 15.9. The smallest absolute Gasteiger partial charge is 0.344 e. The van der Waals surface area contributed by atoms with Gasteiger partial charge in [0.25, 0.3) is 0 Å². The molecular formula is C21H28O4. The van der Waals surface area contributed by atoms with Crippen molar-refractivity contribution >= 4 is 11.9 Å². The Morgan fingerprint density at radius 1 is 0.920 bits per heavy atom. The second-order valence-electron chi connectivity index (χ2n) is 8.96. The third kappa shape index (κ3) is 2.63. The fourth-order valence-electron chi connectivity index (χ4n) is 6.93. The Hall–Kier alpha value is -1.32. The molecule has 5 aliphatic rings. The van der Waals surface area contributed by atoms with Gasteiger partial charge in [-0.05, 0) is 80.5 Å². The van der Waals surface area contributed by atoms with E-state index in [1.54, 1.807) is 0 Å². The van der Waals surface area contributed by atoms with Crippen LogP contribution in [-0.2, 0) is 19.1 Å². The summed E-state index contributed by atoms with van der Waals surface area (Å²) in [5, 5.41) is 0. The van der Waals surface area contributed by atoms with Crippen LogP contribution in [0.3, 0.4) is 0 Å². The SMILES string of the molecule is O=C(COC(=O)C1CC2CC1C1C3C=CC(C3)C21)OC1CCCCC1. The van der Waals surface area contributed by atoms with Crippen LogP contribution in [0.15, 0.2) is 12.2 Å². The Kier molecular flexibility index (Phi) is 3.90. The highest BCUT2D eigenvalue weighted by Gasteiger charge is 2.62. The molecule has 5 rings (SSSR count). The van der Waals surface area contributed by atoms with Gasteiger partial charge in [-0.1, -0.05) is 18.6 Å². The maximum atomic E-state index is 12.6. The van der Waals surface area contributed by atoms with E-state index < -0.39 is 0 Å². The lowest BCUT2D eigenvalue weighted by atomic mass is 9.69. The number of hydrogen-bond donors (Lipinski definition) is 0. The quantitative estimate of drug-likeness (QED) is 0.445. The van der Waals surface area contributed by atoms with Crippen molar-refractivity contribution in [2.75, 3.05) is 6.61 Å². The molecule has 7 unspecified atom stereocenters. The Labute approximate surface area is 149 Å². The first-order valence-corrected chi connectivity index (χ1v) is 10.2. The third-order valence-electron chi connectivity index (χ3n) is 7.76. The van der Waals surface area contributed by atoms with Crippen molar-refractivity contribution in [3.8, 4) is 0 Å². The van der Waals surface area contributed by atoms with Crippen LogP contribution in [0.5, 0.6) is 0 Å². The molecule has 4 bridgehead atoms. The standard InChI is InChI=1S/C21H28O4/c22-18(25-15-4-2-1-3-5-15)11-24-21(23)17-10-14-9-16(17)20-13-7-6-12(8-13)19(14)20/h6-7,12-17,19-20H,1-5,8-11H2. The second kappa shape index (κ2) is 6.14. The highest BCUT2D eigenvalue weighted by atomic mass is 16.6. The van der Waals surface area contributed by atoms with Gasteiger partial charge in [0.2, 0.25) is 0 Å². The van der Waals surface area contributed by atoms with Gasteiger partial charge >= 0.3 is 11.9 Å².